The van der Waals surface area contributed by atoms with Crippen LogP contribution in [0.3, 0.4) is 0 Å². The zero-order chi connectivity index (χ0) is 44.3. The van der Waals surface area contributed by atoms with E-state index in [0.717, 1.165) is 33.7 Å². The molecule has 6 aromatic rings. The van der Waals surface area contributed by atoms with E-state index in [1.165, 1.54) is 12.1 Å². The summed E-state index contributed by atoms with van der Waals surface area (Å²) in [5.41, 5.74) is 4.44. The second-order valence-corrected chi connectivity index (χ2v) is 16.7. The van der Waals surface area contributed by atoms with E-state index >= 15 is 0 Å². The van der Waals surface area contributed by atoms with Crippen molar-refractivity contribution in [3.8, 4) is 23.3 Å². The first-order valence-corrected chi connectivity index (χ1v) is 21.2. The molecule has 10 nitrogen and oxygen atoms in total. The molecule has 1 unspecified atom stereocenters. The maximum absolute atomic E-state index is 13.2. The Morgan fingerprint density at radius 2 is 1.23 bits per heavy atom. The van der Waals surface area contributed by atoms with Gasteiger partial charge in [-0.3, -0.25) is 4.79 Å². The number of anilines is 1. The molecule has 0 saturated heterocycles. The smallest absolute Gasteiger partial charge is 0.497 e. The van der Waals surface area contributed by atoms with E-state index in [2.05, 4.69) is 22.7 Å². The van der Waals surface area contributed by atoms with Gasteiger partial charge in [0.2, 0.25) is 9.84 Å². The van der Waals surface area contributed by atoms with E-state index < -0.39 is 15.3 Å². The Balaban J connectivity index is 1.08. The molecule has 0 spiro atoms. The molecule has 0 radical (unpaired) electrons. The molecule has 0 aliphatic rings. The van der Waals surface area contributed by atoms with Gasteiger partial charge < -0.3 is 19.1 Å². The fourth-order valence-electron chi connectivity index (χ4n) is 6.95. The second kappa shape index (κ2) is 19.6. The van der Waals surface area contributed by atoms with Crippen LogP contribution in [0.4, 0.5) is 5.69 Å². The van der Waals surface area contributed by atoms with Crippen LogP contribution in [-0.2, 0) is 24.8 Å². The van der Waals surface area contributed by atoms with E-state index in [0.29, 0.717) is 40.5 Å². The van der Waals surface area contributed by atoms with Crippen molar-refractivity contribution in [2.24, 2.45) is 0 Å². The summed E-state index contributed by atoms with van der Waals surface area (Å²) in [6.07, 6.45) is 0.630. The van der Waals surface area contributed by atoms with Crippen LogP contribution < -0.4 is 24.8 Å². The third kappa shape index (κ3) is 10.2. The van der Waals surface area contributed by atoms with Crippen LogP contribution in [0.15, 0.2) is 155 Å². The Hall–Kier alpha value is -7.65. The van der Waals surface area contributed by atoms with Gasteiger partial charge in [0, 0.05) is 24.6 Å². The van der Waals surface area contributed by atoms with Crippen LogP contribution in [0, 0.1) is 31.4 Å². The van der Waals surface area contributed by atoms with Crippen molar-refractivity contribution in [1.29, 1.82) is 5.26 Å². The highest BCUT2D eigenvalue weighted by Gasteiger charge is 2.30. The normalized spacial score (nSPS) is 11.8. The summed E-state index contributed by atoms with van der Waals surface area (Å²) in [7, 11) is -0.147. The number of carbonyl (C=O) groups excluding carboxylic acids is 1. The van der Waals surface area contributed by atoms with Crippen molar-refractivity contribution in [3.63, 3.8) is 0 Å². The first kappa shape index (κ1) is 43.9. The number of rotatable bonds is 15. The highest BCUT2D eigenvalue weighted by atomic mass is 32.2. The standard InChI is InChI=1S/C51H44N4O6S/c1-36-7-27-46(28-8-36)62(57,58)47-29-25-45(26-30-47)61-44-23-17-41(18-24-44)51(2,40-15-21-43(59-6)22-16-40)32-31-49(56)60-34-33-55(5)42-19-13-38(14-20-42)48(35-52)37-9-11-39(12-10-37)50(53-3)54-4/h7-30H,31-34H2,1-2,5-6H3. The molecule has 6 aromatic carbocycles. The molecule has 0 saturated carbocycles. The van der Waals surface area contributed by atoms with Crippen LogP contribution in [0.5, 0.6) is 17.2 Å². The number of carbonyl (C=O) groups is 1. The minimum Gasteiger partial charge on any atom is -0.497 e. The predicted octanol–water partition coefficient (Wildman–Crippen LogP) is 9.02. The molecule has 0 amide bonds. The first-order chi connectivity index (χ1) is 29.9. The number of methoxy groups -OCH3 is 1. The molecular formula is C51H44N4O6S. The molecule has 0 fully saturated rings. The summed E-state index contributed by atoms with van der Waals surface area (Å²) in [6, 6.07) is 45.1. The highest BCUT2D eigenvalue weighted by molar-refractivity contribution is 7.91. The zero-order valence-corrected chi connectivity index (χ0v) is 35.6. The summed E-state index contributed by atoms with van der Waals surface area (Å²) < 4.78 is 43.5. The quantitative estimate of drug-likeness (QED) is 0.0744. The lowest BCUT2D eigenvalue weighted by molar-refractivity contribution is -0.143. The van der Waals surface area contributed by atoms with Crippen molar-refractivity contribution in [3.05, 3.63) is 201 Å². The molecule has 0 bridgehead atoms. The molecule has 11 heteroatoms. The third-order valence-electron chi connectivity index (χ3n) is 10.8. The van der Waals surface area contributed by atoms with Crippen LogP contribution in [0.1, 0.15) is 42.0 Å². The average molecular weight is 841 g/mol. The lowest BCUT2D eigenvalue weighted by atomic mass is 9.73. The monoisotopic (exact) mass is 840 g/mol. The SMILES string of the molecule is [C-]#[N+]C([N+]#[C-])=c1ccc(=C(C#N)c2ccc(N(C)CCOC(=O)CCC(C)(c3ccc(OC)cc3)c3ccc(Oc4ccc(S(=O)(=O)c5ccc(C)cc5)cc4)cc3)cc2)cc1. The van der Waals surface area contributed by atoms with Gasteiger partial charge >= 0.3 is 11.8 Å². The number of hydrogen-bond acceptors (Lipinski definition) is 8. The number of esters is 1. The van der Waals surface area contributed by atoms with Gasteiger partial charge in [0.25, 0.3) is 0 Å². The lowest BCUT2D eigenvalue weighted by Gasteiger charge is -2.31. The molecule has 0 aliphatic carbocycles. The fourth-order valence-corrected chi connectivity index (χ4v) is 8.21. The number of nitriles is 1. The molecule has 1 atom stereocenters. The van der Waals surface area contributed by atoms with E-state index in [-0.39, 0.29) is 34.6 Å². The highest BCUT2D eigenvalue weighted by Crippen LogP contribution is 2.38. The summed E-state index contributed by atoms with van der Waals surface area (Å²) in [5, 5.41) is 11.1. The van der Waals surface area contributed by atoms with Crippen molar-refractivity contribution in [1.82, 2.24) is 0 Å². The zero-order valence-electron chi connectivity index (χ0n) is 34.8. The largest absolute Gasteiger partial charge is 0.526 e. The van der Waals surface area contributed by atoms with Crippen LogP contribution >= 0.6 is 0 Å². The molecule has 310 valence electrons. The molecular weight excluding hydrogens is 797 g/mol. The van der Waals surface area contributed by atoms with E-state index in [9.17, 15) is 18.5 Å². The van der Waals surface area contributed by atoms with Gasteiger partial charge in [0.1, 0.15) is 43.1 Å². The maximum Gasteiger partial charge on any atom is 0.526 e. The summed E-state index contributed by atoms with van der Waals surface area (Å²) in [5.74, 6) is 1.44. The van der Waals surface area contributed by atoms with Crippen molar-refractivity contribution < 1.29 is 27.4 Å². The summed E-state index contributed by atoms with van der Waals surface area (Å²) in [6.45, 7) is 19.0. The molecule has 6 rings (SSSR count). The number of benzene rings is 6. The third-order valence-corrected chi connectivity index (χ3v) is 12.6. The molecule has 0 aliphatic heterocycles. The Kier molecular flexibility index (Phi) is 13.9. The van der Waals surface area contributed by atoms with Crippen LogP contribution in [-0.4, -0.2) is 41.7 Å². The average Bonchev–Trinajstić information content (AvgIpc) is 3.30. The fraction of sp³-hybridized carbons (Fsp3) is 0.176. The van der Waals surface area contributed by atoms with Gasteiger partial charge in [0.05, 0.1) is 34.2 Å². The van der Waals surface area contributed by atoms with Crippen molar-refractivity contribution >= 4 is 32.9 Å². The Bertz CT molecular complexity index is 2870. The maximum atomic E-state index is 13.2. The van der Waals surface area contributed by atoms with Crippen molar-refractivity contribution in [2.45, 2.75) is 41.9 Å². The summed E-state index contributed by atoms with van der Waals surface area (Å²) in [4.78, 5) is 22.1. The minimum absolute atomic E-state index is 0.0208. The van der Waals surface area contributed by atoms with Gasteiger partial charge in [-0.05, 0) is 108 Å². The molecule has 0 N–H and O–H groups in total. The van der Waals surface area contributed by atoms with Gasteiger partial charge in [-0.2, -0.15) is 15.0 Å². The first-order valence-electron chi connectivity index (χ1n) is 19.7. The van der Waals surface area contributed by atoms with Crippen molar-refractivity contribution in [2.75, 3.05) is 32.2 Å². The molecule has 0 aromatic heterocycles. The Labute approximate surface area is 362 Å². The minimum atomic E-state index is -3.66. The number of hydrogen-bond donors (Lipinski definition) is 0. The van der Waals surface area contributed by atoms with Gasteiger partial charge in [0.15, 0.2) is 0 Å². The van der Waals surface area contributed by atoms with Crippen LogP contribution in [0.25, 0.3) is 21.1 Å². The topological polar surface area (TPSA) is 115 Å². The van der Waals surface area contributed by atoms with E-state index in [1.807, 2.05) is 91.7 Å². The molecule has 62 heavy (non-hydrogen) atoms. The van der Waals surface area contributed by atoms with Gasteiger partial charge in [-0.25, -0.2) is 8.42 Å². The molecule has 0 heterocycles. The van der Waals surface area contributed by atoms with Gasteiger partial charge in [-0.1, -0.05) is 85.3 Å². The lowest BCUT2D eigenvalue weighted by Crippen LogP contribution is -2.27. The second-order valence-electron chi connectivity index (χ2n) is 14.8. The number of aryl methyl sites for hydroxylation is 1. The van der Waals surface area contributed by atoms with E-state index in [1.54, 1.807) is 67.8 Å². The van der Waals surface area contributed by atoms with E-state index in [4.69, 9.17) is 27.4 Å². The summed E-state index contributed by atoms with van der Waals surface area (Å²) >= 11 is 0. The predicted molar refractivity (Wildman–Crippen MR) is 239 cm³/mol. The number of likely N-dealkylation sites (N-methyl/N-ethyl adjacent to an activating group) is 1. The Morgan fingerprint density at radius 3 is 1.74 bits per heavy atom. The number of sulfone groups is 1. The Morgan fingerprint density at radius 1 is 0.726 bits per heavy atom. The number of ether oxygens (including phenoxy) is 3. The van der Waals surface area contributed by atoms with Crippen LogP contribution in [0.2, 0.25) is 0 Å². The number of nitrogens with zero attached hydrogens (tertiary/aromatic N) is 4. The van der Waals surface area contributed by atoms with Gasteiger partial charge in [-0.15, -0.1) is 0 Å².